The number of fused-ring (bicyclic) bond motifs is 1. The van der Waals surface area contributed by atoms with Crippen molar-refractivity contribution in [3.8, 4) is 17.0 Å². The van der Waals surface area contributed by atoms with Gasteiger partial charge < -0.3 is 10.0 Å². The molecule has 0 fully saturated rings. The van der Waals surface area contributed by atoms with Crippen LogP contribution in [0.2, 0.25) is 0 Å². The molecule has 162 valence electrons. The predicted octanol–water partition coefficient (Wildman–Crippen LogP) is 4.55. The van der Waals surface area contributed by atoms with E-state index >= 15 is 0 Å². The standard InChI is InChI=1S/C25H25N5O2/c1-3-30(4-2)21-12-11-20(24(31)14-21)16-26-29-25(32)23-15-22(27-28-23)19-10-9-17-7-5-6-8-18(17)13-19/h5-16,31H,3-4H2,1-2H3,(H,27,28)(H,29,32)/b26-16-. The molecule has 1 heterocycles. The number of carbonyl (C=O) groups excluding carboxylic acids is 1. The molecule has 0 radical (unpaired) electrons. The lowest BCUT2D eigenvalue weighted by Crippen LogP contribution is -2.21. The maximum atomic E-state index is 12.4. The molecule has 0 atom stereocenters. The van der Waals surface area contributed by atoms with E-state index < -0.39 is 5.91 Å². The van der Waals surface area contributed by atoms with Gasteiger partial charge in [-0.05, 0) is 48.9 Å². The molecule has 32 heavy (non-hydrogen) atoms. The number of benzene rings is 3. The van der Waals surface area contributed by atoms with Gasteiger partial charge in [-0.1, -0.05) is 36.4 Å². The Hall–Kier alpha value is -4.13. The first-order valence-electron chi connectivity index (χ1n) is 10.5. The molecule has 0 aliphatic rings. The lowest BCUT2D eigenvalue weighted by atomic mass is 10.1. The molecule has 7 nitrogen and oxygen atoms in total. The first kappa shape index (κ1) is 21.1. The average molecular weight is 428 g/mol. The number of hydrazone groups is 1. The molecular weight excluding hydrogens is 402 g/mol. The Labute approximate surface area is 186 Å². The zero-order chi connectivity index (χ0) is 22.5. The first-order valence-corrected chi connectivity index (χ1v) is 10.5. The minimum atomic E-state index is -0.417. The fraction of sp³-hybridized carbons (Fsp3) is 0.160. The van der Waals surface area contributed by atoms with E-state index in [9.17, 15) is 9.90 Å². The summed E-state index contributed by atoms with van der Waals surface area (Å²) in [6.45, 7) is 5.83. The number of H-pyrrole nitrogens is 1. The molecule has 1 aromatic heterocycles. The van der Waals surface area contributed by atoms with E-state index in [1.807, 2.05) is 42.5 Å². The van der Waals surface area contributed by atoms with E-state index in [2.05, 4.69) is 45.5 Å². The zero-order valence-corrected chi connectivity index (χ0v) is 18.0. The molecule has 0 spiro atoms. The number of aromatic hydroxyl groups is 1. The first-order chi connectivity index (χ1) is 15.6. The van der Waals surface area contributed by atoms with Gasteiger partial charge in [0.05, 0.1) is 11.9 Å². The number of carbonyl (C=O) groups is 1. The van der Waals surface area contributed by atoms with Crippen molar-refractivity contribution >= 4 is 28.6 Å². The van der Waals surface area contributed by atoms with E-state index in [0.717, 1.165) is 35.1 Å². The molecule has 0 aliphatic carbocycles. The lowest BCUT2D eigenvalue weighted by molar-refractivity contribution is 0.0950. The summed E-state index contributed by atoms with van der Waals surface area (Å²) in [5.74, 6) is -0.312. The van der Waals surface area contributed by atoms with Crippen molar-refractivity contribution in [3.63, 3.8) is 0 Å². The number of aromatic amines is 1. The van der Waals surface area contributed by atoms with Crippen LogP contribution in [0.25, 0.3) is 22.0 Å². The molecule has 0 saturated carbocycles. The predicted molar refractivity (Wildman–Crippen MR) is 128 cm³/mol. The van der Waals surface area contributed by atoms with E-state index in [4.69, 9.17) is 0 Å². The van der Waals surface area contributed by atoms with Crippen molar-refractivity contribution < 1.29 is 9.90 Å². The number of nitrogens with zero attached hydrogens (tertiary/aromatic N) is 3. The summed E-state index contributed by atoms with van der Waals surface area (Å²) in [5, 5.41) is 23.5. The highest BCUT2D eigenvalue weighted by Crippen LogP contribution is 2.24. The summed E-state index contributed by atoms with van der Waals surface area (Å²) >= 11 is 0. The van der Waals surface area contributed by atoms with Gasteiger partial charge in [-0.3, -0.25) is 9.89 Å². The van der Waals surface area contributed by atoms with Gasteiger partial charge in [-0.15, -0.1) is 0 Å². The topological polar surface area (TPSA) is 93.6 Å². The Balaban J connectivity index is 1.43. The highest BCUT2D eigenvalue weighted by molar-refractivity contribution is 5.95. The van der Waals surface area contributed by atoms with Crippen molar-refractivity contribution in [1.29, 1.82) is 0 Å². The van der Waals surface area contributed by atoms with Crippen molar-refractivity contribution in [3.05, 3.63) is 78.0 Å². The Kier molecular flexibility index (Phi) is 6.17. The molecule has 0 unspecified atom stereocenters. The van der Waals surface area contributed by atoms with Crippen LogP contribution in [-0.4, -0.2) is 40.5 Å². The summed E-state index contributed by atoms with van der Waals surface area (Å²) in [5.41, 5.74) is 5.81. The average Bonchev–Trinajstić information content (AvgIpc) is 3.31. The van der Waals surface area contributed by atoms with Gasteiger partial charge in [0.2, 0.25) is 0 Å². The Morgan fingerprint density at radius 3 is 2.59 bits per heavy atom. The van der Waals surface area contributed by atoms with Gasteiger partial charge >= 0.3 is 0 Å². The minimum absolute atomic E-state index is 0.104. The van der Waals surface area contributed by atoms with E-state index in [1.165, 1.54) is 6.21 Å². The largest absolute Gasteiger partial charge is 0.507 e. The van der Waals surface area contributed by atoms with Crippen LogP contribution in [0.3, 0.4) is 0 Å². The van der Waals surface area contributed by atoms with Crippen molar-refractivity contribution in [2.45, 2.75) is 13.8 Å². The Morgan fingerprint density at radius 2 is 1.84 bits per heavy atom. The Bertz CT molecular complexity index is 1270. The molecule has 0 saturated heterocycles. The second-order valence-corrected chi connectivity index (χ2v) is 7.34. The van der Waals surface area contributed by atoms with Crippen molar-refractivity contribution in [2.75, 3.05) is 18.0 Å². The number of hydrogen-bond donors (Lipinski definition) is 3. The van der Waals surface area contributed by atoms with Crippen molar-refractivity contribution in [2.24, 2.45) is 5.10 Å². The maximum Gasteiger partial charge on any atom is 0.289 e. The van der Waals surface area contributed by atoms with Gasteiger partial charge in [0.1, 0.15) is 11.4 Å². The number of hydrogen-bond acceptors (Lipinski definition) is 5. The number of phenolic OH excluding ortho intramolecular Hbond substituents is 1. The fourth-order valence-electron chi connectivity index (χ4n) is 3.58. The molecule has 7 heteroatoms. The van der Waals surface area contributed by atoms with Crippen LogP contribution < -0.4 is 10.3 Å². The molecular formula is C25H25N5O2. The number of anilines is 1. The van der Waals surface area contributed by atoms with E-state index in [1.54, 1.807) is 18.2 Å². The molecule has 1 amide bonds. The van der Waals surface area contributed by atoms with Crippen LogP contribution >= 0.6 is 0 Å². The molecule has 4 rings (SSSR count). The second kappa shape index (κ2) is 9.34. The molecule has 3 aromatic carbocycles. The molecule has 4 aromatic rings. The number of nitrogens with one attached hydrogen (secondary N) is 2. The third kappa shape index (κ3) is 4.46. The lowest BCUT2D eigenvalue weighted by Gasteiger charge is -2.21. The quantitative estimate of drug-likeness (QED) is 0.298. The van der Waals surface area contributed by atoms with Crippen LogP contribution in [0.15, 0.2) is 71.8 Å². The monoisotopic (exact) mass is 427 g/mol. The number of amides is 1. The highest BCUT2D eigenvalue weighted by Gasteiger charge is 2.11. The smallest absolute Gasteiger partial charge is 0.289 e. The van der Waals surface area contributed by atoms with Gasteiger partial charge in [-0.2, -0.15) is 10.2 Å². The van der Waals surface area contributed by atoms with Gasteiger partial charge in [0.15, 0.2) is 0 Å². The van der Waals surface area contributed by atoms with E-state index in [-0.39, 0.29) is 5.75 Å². The van der Waals surface area contributed by atoms with Crippen LogP contribution in [0.1, 0.15) is 29.9 Å². The third-order valence-corrected chi connectivity index (χ3v) is 5.38. The molecule has 0 bridgehead atoms. The Morgan fingerprint density at radius 1 is 1.06 bits per heavy atom. The summed E-state index contributed by atoms with van der Waals surface area (Å²) < 4.78 is 0. The normalized spacial score (nSPS) is 11.2. The third-order valence-electron chi connectivity index (χ3n) is 5.38. The summed E-state index contributed by atoms with van der Waals surface area (Å²) in [6, 6.07) is 21.2. The number of aromatic nitrogens is 2. The number of rotatable bonds is 7. The number of phenols is 1. The summed E-state index contributed by atoms with van der Waals surface area (Å²) in [6.07, 6.45) is 1.42. The van der Waals surface area contributed by atoms with Gasteiger partial charge in [0, 0.05) is 36.0 Å². The van der Waals surface area contributed by atoms with Gasteiger partial charge in [0.25, 0.3) is 5.91 Å². The second-order valence-electron chi connectivity index (χ2n) is 7.34. The minimum Gasteiger partial charge on any atom is -0.507 e. The zero-order valence-electron chi connectivity index (χ0n) is 18.0. The SMILES string of the molecule is CCN(CC)c1ccc(/C=N\NC(=O)c2cc(-c3ccc4ccccc4c3)n[nH]2)c(O)c1. The summed E-state index contributed by atoms with van der Waals surface area (Å²) in [4.78, 5) is 14.6. The van der Waals surface area contributed by atoms with Gasteiger partial charge in [-0.25, -0.2) is 5.43 Å². The molecule has 0 aliphatic heterocycles. The van der Waals surface area contributed by atoms with Crippen LogP contribution in [0, 0.1) is 0 Å². The van der Waals surface area contributed by atoms with Crippen molar-refractivity contribution in [1.82, 2.24) is 15.6 Å². The van der Waals surface area contributed by atoms with Crippen LogP contribution in [0.4, 0.5) is 5.69 Å². The highest BCUT2D eigenvalue weighted by atomic mass is 16.3. The van der Waals surface area contributed by atoms with Crippen LogP contribution in [-0.2, 0) is 0 Å². The molecule has 3 N–H and O–H groups in total. The van der Waals surface area contributed by atoms with E-state index in [0.29, 0.717) is 17.0 Å². The fourth-order valence-corrected chi connectivity index (χ4v) is 3.58. The maximum absolute atomic E-state index is 12.4. The van der Waals surface area contributed by atoms with Crippen LogP contribution in [0.5, 0.6) is 5.75 Å². The summed E-state index contributed by atoms with van der Waals surface area (Å²) in [7, 11) is 0.